The van der Waals surface area contributed by atoms with E-state index in [9.17, 15) is 19.2 Å². The van der Waals surface area contributed by atoms with Crippen LogP contribution >= 0.6 is 0 Å². The van der Waals surface area contributed by atoms with Crippen LogP contribution in [0.25, 0.3) is 0 Å². The van der Waals surface area contributed by atoms with Crippen molar-refractivity contribution >= 4 is 29.3 Å². The summed E-state index contributed by atoms with van der Waals surface area (Å²) in [7, 11) is 0. The van der Waals surface area contributed by atoms with Gasteiger partial charge in [0.15, 0.2) is 19.0 Å². The number of amides is 2. The molecule has 2 heterocycles. The third kappa shape index (κ3) is 5.84. The fourth-order valence-electron chi connectivity index (χ4n) is 4.38. The Morgan fingerprint density at radius 1 is 1.14 bits per heavy atom. The van der Waals surface area contributed by atoms with Gasteiger partial charge < -0.3 is 19.1 Å². The SMILES string of the molecule is CCOC(=O)C1CCCN(C(=O)CN2C(=O)COc3ccc(C(=O)COc4cccc(C)c4)cc32)C1. The number of rotatable bonds is 8. The van der Waals surface area contributed by atoms with Crippen molar-refractivity contribution < 1.29 is 33.4 Å². The Morgan fingerprint density at radius 3 is 2.75 bits per heavy atom. The summed E-state index contributed by atoms with van der Waals surface area (Å²) in [5.41, 5.74) is 1.73. The molecule has 190 valence electrons. The standard InChI is InChI=1S/C27H30N2O7/c1-3-34-27(33)20-7-5-11-28(14-20)25(31)15-29-22-13-19(9-10-24(22)36-17-26(29)32)23(30)16-35-21-8-4-6-18(2)12-21/h4,6,8-10,12-13,20H,3,5,7,11,14-17H2,1-2H3. The fourth-order valence-corrected chi connectivity index (χ4v) is 4.38. The van der Waals surface area contributed by atoms with Crippen molar-refractivity contribution in [2.24, 2.45) is 5.92 Å². The van der Waals surface area contributed by atoms with Gasteiger partial charge in [0.25, 0.3) is 5.91 Å². The second-order valence-corrected chi connectivity index (χ2v) is 8.91. The molecule has 2 aromatic carbocycles. The van der Waals surface area contributed by atoms with Gasteiger partial charge in [-0.2, -0.15) is 0 Å². The van der Waals surface area contributed by atoms with Crippen LogP contribution in [0.15, 0.2) is 42.5 Å². The van der Waals surface area contributed by atoms with Crippen LogP contribution < -0.4 is 14.4 Å². The molecule has 1 unspecified atom stereocenters. The number of anilines is 1. The fraction of sp³-hybridized carbons (Fsp3) is 0.407. The second kappa shape index (κ2) is 11.2. The quantitative estimate of drug-likeness (QED) is 0.411. The van der Waals surface area contributed by atoms with Crippen molar-refractivity contribution in [2.45, 2.75) is 26.7 Å². The van der Waals surface area contributed by atoms with Crippen LogP contribution in [0.5, 0.6) is 11.5 Å². The summed E-state index contributed by atoms with van der Waals surface area (Å²) in [6, 6.07) is 12.2. The highest BCUT2D eigenvalue weighted by molar-refractivity contribution is 6.04. The van der Waals surface area contributed by atoms with Crippen molar-refractivity contribution in [3.05, 3.63) is 53.6 Å². The van der Waals surface area contributed by atoms with Gasteiger partial charge in [-0.15, -0.1) is 0 Å². The minimum Gasteiger partial charge on any atom is -0.485 e. The number of carbonyl (C=O) groups excluding carboxylic acids is 4. The second-order valence-electron chi connectivity index (χ2n) is 8.91. The summed E-state index contributed by atoms with van der Waals surface area (Å²) >= 11 is 0. The first-order chi connectivity index (χ1) is 17.4. The zero-order valence-electron chi connectivity index (χ0n) is 20.5. The monoisotopic (exact) mass is 494 g/mol. The molecule has 1 saturated heterocycles. The molecule has 9 heteroatoms. The predicted octanol–water partition coefficient (Wildman–Crippen LogP) is 2.78. The average molecular weight is 495 g/mol. The van der Waals surface area contributed by atoms with E-state index in [0.717, 1.165) is 5.56 Å². The number of fused-ring (bicyclic) bond motifs is 1. The van der Waals surface area contributed by atoms with Gasteiger partial charge in [-0.1, -0.05) is 12.1 Å². The zero-order chi connectivity index (χ0) is 25.7. The van der Waals surface area contributed by atoms with Crippen LogP contribution in [0.4, 0.5) is 5.69 Å². The van der Waals surface area contributed by atoms with Crippen molar-refractivity contribution in [1.82, 2.24) is 4.90 Å². The molecule has 0 aromatic heterocycles. The summed E-state index contributed by atoms with van der Waals surface area (Å²) in [6.07, 6.45) is 1.35. The van der Waals surface area contributed by atoms with Crippen molar-refractivity contribution in [2.75, 3.05) is 44.4 Å². The van der Waals surface area contributed by atoms with Crippen LogP contribution in [0.2, 0.25) is 0 Å². The molecule has 4 rings (SSSR count). The molecular formula is C27H30N2O7. The predicted molar refractivity (Wildman–Crippen MR) is 131 cm³/mol. The van der Waals surface area contributed by atoms with Gasteiger partial charge in [0, 0.05) is 18.7 Å². The van der Waals surface area contributed by atoms with Crippen LogP contribution in [-0.4, -0.2) is 67.9 Å². The van der Waals surface area contributed by atoms with Gasteiger partial charge in [-0.3, -0.25) is 24.1 Å². The summed E-state index contributed by atoms with van der Waals surface area (Å²) in [5.74, 6) is -0.583. The number of ketones is 1. The van der Waals surface area contributed by atoms with Crippen LogP contribution in [-0.2, 0) is 19.1 Å². The molecule has 0 bridgehead atoms. The van der Waals surface area contributed by atoms with Crippen molar-refractivity contribution in [3.8, 4) is 11.5 Å². The van der Waals surface area contributed by atoms with E-state index < -0.39 is 0 Å². The highest BCUT2D eigenvalue weighted by Crippen LogP contribution is 2.33. The Bertz CT molecular complexity index is 1160. The number of likely N-dealkylation sites (tertiary alicyclic amines) is 1. The molecule has 0 N–H and O–H groups in total. The van der Waals surface area contributed by atoms with E-state index in [1.165, 1.54) is 4.90 Å². The summed E-state index contributed by atoms with van der Waals surface area (Å²) in [6.45, 7) is 4.17. The number of benzene rings is 2. The van der Waals surface area contributed by atoms with E-state index in [2.05, 4.69) is 0 Å². The third-order valence-electron chi connectivity index (χ3n) is 6.27. The van der Waals surface area contributed by atoms with Gasteiger partial charge in [0.2, 0.25) is 5.91 Å². The van der Waals surface area contributed by atoms with E-state index >= 15 is 0 Å². The van der Waals surface area contributed by atoms with Crippen molar-refractivity contribution in [3.63, 3.8) is 0 Å². The first-order valence-electron chi connectivity index (χ1n) is 12.1. The number of hydrogen-bond acceptors (Lipinski definition) is 7. The lowest BCUT2D eigenvalue weighted by Crippen LogP contribution is -2.49. The number of Topliss-reactive ketones (excluding diaryl/α,β-unsaturated/α-hetero) is 1. The van der Waals surface area contributed by atoms with Crippen LogP contribution in [0.1, 0.15) is 35.7 Å². The molecule has 0 saturated carbocycles. The van der Waals surface area contributed by atoms with E-state index in [0.29, 0.717) is 48.7 Å². The molecule has 9 nitrogen and oxygen atoms in total. The number of ether oxygens (including phenoxy) is 3. The molecule has 1 fully saturated rings. The number of nitrogens with zero attached hydrogens (tertiary/aromatic N) is 2. The minimum absolute atomic E-state index is 0.168. The Balaban J connectivity index is 1.45. The van der Waals surface area contributed by atoms with Gasteiger partial charge in [0.05, 0.1) is 18.2 Å². The maximum atomic E-state index is 13.1. The van der Waals surface area contributed by atoms with Gasteiger partial charge >= 0.3 is 5.97 Å². The molecule has 1 atom stereocenters. The summed E-state index contributed by atoms with van der Waals surface area (Å²) in [4.78, 5) is 53.7. The number of aryl methyl sites for hydroxylation is 1. The van der Waals surface area contributed by atoms with Crippen LogP contribution in [0, 0.1) is 12.8 Å². The summed E-state index contributed by atoms with van der Waals surface area (Å²) < 4.78 is 16.3. The largest absolute Gasteiger partial charge is 0.485 e. The zero-order valence-corrected chi connectivity index (χ0v) is 20.5. The molecular weight excluding hydrogens is 464 g/mol. The lowest BCUT2D eigenvalue weighted by Gasteiger charge is -2.34. The molecule has 0 spiro atoms. The molecule has 2 aliphatic heterocycles. The smallest absolute Gasteiger partial charge is 0.310 e. The number of piperidine rings is 1. The van der Waals surface area contributed by atoms with Crippen LogP contribution in [0.3, 0.4) is 0 Å². The Hall–Kier alpha value is -3.88. The van der Waals surface area contributed by atoms with E-state index in [-0.39, 0.29) is 55.8 Å². The normalized spacial score (nSPS) is 17.2. The van der Waals surface area contributed by atoms with E-state index in [1.807, 2.05) is 25.1 Å². The minimum atomic E-state index is -0.379. The number of hydrogen-bond donors (Lipinski definition) is 0. The first-order valence-corrected chi connectivity index (χ1v) is 12.1. The molecule has 36 heavy (non-hydrogen) atoms. The Morgan fingerprint density at radius 2 is 1.97 bits per heavy atom. The van der Waals surface area contributed by atoms with Gasteiger partial charge in [-0.05, 0) is 62.6 Å². The maximum Gasteiger partial charge on any atom is 0.310 e. The number of esters is 1. The summed E-state index contributed by atoms with van der Waals surface area (Å²) in [5, 5.41) is 0. The molecule has 0 radical (unpaired) electrons. The number of carbonyl (C=O) groups is 4. The topological polar surface area (TPSA) is 102 Å². The van der Waals surface area contributed by atoms with E-state index in [1.54, 1.807) is 36.1 Å². The van der Waals surface area contributed by atoms with Crippen molar-refractivity contribution in [1.29, 1.82) is 0 Å². The van der Waals surface area contributed by atoms with Gasteiger partial charge in [-0.25, -0.2) is 0 Å². The molecule has 0 aliphatic carbocycles. The molecule has 2 aromatic rings. The molecule has 2 amide bonds. The van der Waals surface area contributed by atoms with E-state index in [4.69, 9.17) is 14.2 Å². The lowest BCUT2D eigenvalue weighted by molar-refractivity contribution is -0.151. The molecule has 2 aliphatic rings. The maximum absolute atomic E-state index is 13.1. The highest BCUT2D eigenvalue weighted by atomic mass is 16.5. The highest BCUT2D eigenvalue weighted by Gasteiger charge is 2.33. The Kier molecular flexibility index (Phi) is 7.87. The lowest BCUT2D eigenvalue weighted by atomic mass is 9.98. The van der Waals surface area contributed by atoms with Gasteiger partial charge in [0.1, 0.15) is 18.0 Å². The first kappa shape index (κ1) is 25.2. The Labute approximate surface area is 209 Å². The third-order valence-corrected chi connectivity index (χ3v) is 6.27. The average Bonchev–Trinajstić information content (AvgIpc) is 2.89.